The molecule has 2 N–H and O–H groups in total. The van der Waals surface area contributed by atoms with Gasteiger partial charge in [0.1, 0.15) is 5.75 Å². The third-order valence-corrected chi connectivity index (χ3v) is 5.53. The van der Waals surface area contributed by atoms with Crippen molar-refractivity contribution in [3.05, 3.63) is 91.9 Å². The molecule has 0 bridgehead atoms. The lowest BCUT2D eigenvalue weighted by atomic mass is 10.1. The fourth-order valence-corrected chi connectivity index (χ4v) is 3.32. The van der Waals surface area contributed by atoms with Crippen LogP contribution in [0, 0.1) is 6.92 Å². The highest BCUT2D eigenvalue weighted by atomic mass is 79.9. The molecular weight excluding hydrogens is 533 g/mol. The maximum atomic E-state index is 12.5. The predicted octanol–water partition coefficient (Wildman–Crippen LogP) is 5.37. The lowest BCUT2D eigenvalue weighted by Crippen LogP contribution is -2.32. The van der Waals surface area contributed by atoms with Crippen molar-refractivity contribution >= 4 is 68.8 Å². The highest BCUT2D eigenvalue weighted by Crippen LogP contribution is 2.25. The Bertz CT molecular complexity index is 1260. The predicted molar refractivity (Wildman–Crippen MR) is 131 cm³/mol. The van der Waals surface area contributed by atoms with Crippen LogP contribution in [0.5, 0.6) is 5.75 Å². The molecule has 2 amide bonds. The van der Waals surface area contributed by atoms with Crippen molar-refractivity contribution in [1.82, 2.24) is 5.43 Å². The number of anilines is 1. The Morgan fingerprint density at radius 1 is 0.970 bits per heavy atom. The van der Waals surface area contributed by atoms with E-state index < -0.39 is 17.8 Å². The maximum Gasteiger partial charge on any atom is 0.343 e. The van der Waals surface area contributed by atoms with E-state index in [-0.39, 0.29) is 10.8 Å². The van der Waals surface area contributed by atoms with Crippen LogP contribution in [0.15, 0.2) is 70.2 Å². The monoisotopic (exact) mass is 547 g/mol. The molecule has 0 aliphatic carbocycles. The zero-order chi connectivity index (χ0) is 24.0. The summed E-state index contributed by atoms with van der Waals surface area (Å²) in [4.78, 5) is 36.7. The second kappa shape index (κ2) is 11.1. The van der Waals surface area contributed by atoms with Crippen LogP contribution in [0.25, 0.3) is 0 Å². The highest BCUT2D eigenvalue weighted by molar-refractivity contribution is 9.10. The van der Waals surface area contributed by atoms with Crippen LogP contribution < -0.4 is 15.5 Å². The fourth-order valence-electron chi connectivity index (χ4n) is 2.64. The number of halogens is 3. The summed E-state index contributed by atoms with van der Waals surface area (Å²) < 4.78 is 6.20. The van der Waals surface area contributed by atoms with Crippen LogP contribution in [-0.2, 0) is 9.59 Å². The van der Waals surface area contributed by atoms with Crippen LogP contribution in [0.3, 0.4) is 0 Å². The summed E-state index contributed by atoms with van der Waals surface area (Å²) in [5.74, 6) is -2.27. The topological polar surface area (TPSA) is 96.9 Å². The van der Waals surface area contributed by atoms with E-state index in [2.05, 4.69) is 31.8 Å². The van der Waals surface area contributed by atoms with E-state index >= 15 is 0 Å². The van der Waals surface area contributed by atoms with Crippen LogP contribution in [-0.4, -0.2) is 24.0 Å². The second-order valence-electron chi connectivity index (χ2n) is 6.67. The molecule has 0 spiro atoms. The maximum absolute atomic E-state index is 12.5. The van der Waals surface area contributed by atoms with Gasteiger partial charge in [-0.15, -0.1) is 0 Å². The third kappa shape index (κ3) is 6.64. The van der Waals surface area contributed by atoms with Gasteiger partial charge in [0.15, 0.2) is 0 Å². The second-order valence-corrected chi connectivity index (χ2v) is 8.40. The first kappa shape index (κ1) is 24.4. The number of benzene rings is 3. The fraction of sp³-hybridized carbons (Fsp3) is 0.0435. The number of nitrogens with one attached hydrogen (secondary N) is 2. The van der Waals surface area contributed by atoms with E-state index in [1.165, 1.54) is 24.4 Å². The van der Waals surface area contributed by atoms with Crippen LogP contribution in [0.2, 0.25) is 10.0 Å². The summed E-state index contributed by atoms with van der Waals surface area (Å²) in [5, 5.41) is 6.72. The first-order valence-corrected chi connectivity index (χ1v) is 11.0. The van der Waals surface area contributed by atoms with Gasteiger partial charge in [0, 0.05) is 15.7 Å². The molecule has 0 unspecified atom stereocenters. The molecule has 3 aromatic carbocycles. The van der Waals surface area contributed by atoms with Gasteiger partial charge < -0.3 is 10.1 Å². The number of hydrazone groups is 1. The Morgan fingerprint density at radius 3 is 2.45 bits per heavy atom. The van der Waals surface area contributed by atoms with Crippen molar-refractivity contribution in [2.75, 3.05) is 5.32 Å². The van der Waals surface area contributed by atoms with Crippen LogP contribution in [0.1, 0.15) is 21.5 Å². The summed E-state index contributed by atoms with van der Waals surface area (Å²) in [7, 11) is 0. The number of carbonyl (C=O) groups excluding carboxylic acids is 3. The number of aryl methyl sites for hydroxylation is 1. The summed E-state index contributed by atoms with van der Waals surface area (Å²) in [6, 6.07) is 16.4. The van der Waals surface area contributed by atoms with Crippen molar-refractivity contribution in [3.63, 3.8) is 0 Å². The van der Waals surface area contributed by atoms with Crippen molar-refractivity contribution < 1.29 is 19.1 Å². The largest absolute Gasteiger partial charge is 0.422 e. The first-order chi connectivity index (χ1) is 15.7. The molecule has 0 aliphatic rings. The molecule has 7 nitrogen and oxygen atoms in total. The molecule has 10 heteroatoms. The standard InChI is InChI=1S/C23H16BrCl2N3O4/c1-13-4-2-3-5-17(13)23(32)33-20-9-6-15(24)10-14(20)12-27-29-22(31)21(30)28-16-7-8-18(25)19(26)11-16/h2-12H,1H3,(H,28,30)(H,29,31)/b27-12+. The number of nitrogens with zero attached hydrogens (tertiary/aromatic N) is 1. The quantitative estimate of drug-likeness (QED) is 0.147. The molecule has 0 aromatic heterocycles. The normalized spacial score (nSPS) is 10.7. The number of esters is 1. The van der Waals surface area contributed by atoms with Gasteiger partial charge in [0.05, 0.1) is 21.8 Å². The zero-order valence-electron chi connectivity index (χ0n) is 17.1. The molecule has 0 saturated carbocycles. The third-order valence-electron chi connectivity index (χ3n) is 4.29. The number of hydrogen-bond donors (Lipinski definition) is 2. The summed E-state index contributed by atoms with van der Waals surface area (Å²) in [5.41, 5.74) is 4.02. The Kier molecular flexibility index (Phi) is 8.21. The number of hydrogen-bond acceptors (Lipinski definition) is 5. The molecule has 0 aliphatic heterocycles. The summed E-state index contributed by atoms with van der Waals surface area (Å²) >= 11 is 15.1. The van der Waals surface area contributed by atoms with Crippen LogP contribution in [0.4, 0.5) is 5.69 Å². The number of carbonyl (C=O) groups is 3. The summed E-state index contributed by atoms with van der Waals surface area (Å²) in [6.07, 6.45) is 1.26. The molecule has 0 atom stereocenters. The Labute approximate surface area is 207 Å². The van der Waals surface area contributed by atoms with E-state index in [0.717, 1.165) is 5.56 Å². The zero-order valence-corrected chi connectivity index (χ0v) is 20.2. The van der Waals surface area contributed by atoms with Crippen LogP contribution >= 0.6 is 39.1 Å². The average Bonchev–Trinajstić information content (AvgIpc) is 2.78. The smallest absolute Gasteiger partial charge is 0.343 e. The van der Waals surface area contributed by atoms with Gasteiger partial charge in [0.25, 0.3) is 0 Å². The Balaban J connectivity index is 1.67. The van der Waals surface area contributed by atoms with Gasteiger partial charge in [-0.05, 0) is 55.0 Å². The SMILES string of the molecule is Cc1ccccc1C(=O)Oc1ccc(Br)cc1/C=N/NC(=O)C(=O)Nc1ccc(Cl)c(Cl)c1. The van der Waals surface area contributed by atoms with E-state index in [4.69, 9.17) is 27.9 Å². The lowest BCUT2D eigenvalue weighted by molar-refractivity contribution is -0.136. The Hall–Kier alpha value is -3.20. The Morgan fingerprint density at radius 2 is 1.73 bits per heavy atom. The van der Waals surface area contributed by atoms with E-state index in [9.17, 15) is 14.4 Å². The first-order valence-electron chi connectivity index (χ1n) is 9.41. The molecule has 3 rings (SSSR count). The van der Waals surface area contributed by atoms with Crippen molar-refractivity contribution in [1.29, 1.82) is 0 Å². The average molecular weight is 549 g/mol. The molecule has 0 fully saturated rings. The van der Waals surface area contributed by atoms with E-state index in [1.807, 2.05) is 6.07 Å². The minimum atomic E-state index is -1.01. The molecule has 0 heterocycles. The molecule has 0 radical (unpaired) electrons. The van der Waals surface area contributed by atoms with Crippen molar-refractivity contribution in [2.45, 2.75) is 6.92 Å². The highest BCUT2D eigenvalue weighted by Gasteiger charge is 2.15. The molecule has 0 saturated heterocycles. The van der Waals surface area contributed by atoms with Gasteiger partial charge in [0.2, 0.25) is 0 Å². The van der Waals surface area contributed by atoms with Gasteiger partial charge in [-0.25, -0.2) is 10.2 Å². The van der Waals surface area contributed by atoms with Gasteiger partial charge in [-0.1, -0.05) is 57.3 Å². The van der Waals surface area contributed by atoms with Gasteiger partial charge in [-0.2, -0.15) is 5.10 Å². The lowest BCUT2D eigenvalue weighted by Gasteiger charge is -2.09. The van der Waals surface area contributed by atoms with E-state index in [0.29, 0.717) is 26.3 Å². The van der Waals surface area contributed by atoms with Gasteiger partial charge >= 0.3 is 17.8 Å². The molecule has 3 aromatic rings. The molecular formula is C23H16BrCl2N3O4. The molecule has 33 heavy (non-hydrogen) atoms. The number of amides is 2. The van der Waals surface area contributed by atoms with Crippen molar-refractivity contribution in [3.8, 4) is 5.75 Å². The number of ether oxygens (including phenoxy) is 1. The summed E-state index contributed by atoms with van der Waals surface area (Å²) in [6.45, 7) is 1.80. The minimum absolute atomic E-state index is 0.227. The van der Waals surface area contributed by atoms with E-state index in [1.54, 1.807) is 43.3 Å². The minimum Gasteiger partial charge on any atom is -0.422 e. The number of rotatable bonds is 5. The van der Waals surface area contributed by atoms with Crippen molar-refractivity contribution in [2.24, 2.45) is 5.10 Å². The molecule has 168 valence electrons. The van der Waals surface area contributed by atoms with Gasteiger partial charge in [-0.3, -0.25) is 9.59 Å².